The summed E-state index contributed by atoms with van der Waals surface area (Å²) in [6, 6.07) is 6.64. The Balaban J connectivity index is 1.53. The minimum Gasteiger partial charge on any atom is -0.347 e. The molecule has 1 heterocycles. The van der Waals surface area contributed by atoms with Crippen molar-refractivity contribution < 1.29 is 22.1 Å². The lowest BCUT2D eigenvalue weighted by Gasteiger charge is -2.41. The molecule has 2 aliphatic rings. The van der Waals surface area contributed by atoms with Crippen LogP contribution in [0.1, 0.15) is 52.0 Å². The topological polar surface area (TPSA) is 61.8 Å². The van der Waals surface area contributed by atoms with Crippen molar-refractivity contribution in [3.63, 3.8) is 0 Å². The fourth-order valence-electron chi connectivity index (χ4n) is 3.82. The van der Waals surface area contributed by atoms with Crippen molar-refractivity contribution in [3.8, 4) is 0 Å². The highest BCUT2D eigenvalue weighted by Gasteiger charge is 2.46. The fourth-order valence-corrected chi connectivity index (χ4v) is 4.76. The summed E-state index contributed by atoms with van der Waals surface area (Å²) < 4.78 is 41.9. The van der Waals surface area contributed by atoms with Crippen LogP contribution in [-0.4, -0.2) is 33.5 Å². The van der Waals surface area contributed by atoms with E-state index in [4.69, 9.17) is 13.7 Å². The normalized spacial score (nSPS) is 30.0. The van der Waals surface area contributed by atoms with Crippen molar-refractivity contribution in [2.45, 2.75) is 70.2 Å². The van der Waals surface area contributed by atoms with Crippen LogP contribution in [0, 0.1) is 18.3 Å². The molecule has 1 unspecified atom stereocenters. The lowest BCUT2D eigenvalue weighted by Crippen LogP contribution is -2.39. The van der Waals surface area contributed by atoms with Crippen LogP contribution in [0.3, 0.4) is 0 Å². The van der Waals surface area contributed by atoms with Gasteiger partial charge in [0.2, 0.25) is 0 Å². The van der Waals surface area contributed by atoms with E-state index >= 15 is 0 Å². The molecule has 3 rings (SSSR count). The Morgan fingerprint density at radius 2 is 1.77 bits per heavy atom. The largest absolute Gasteiger partial charge is 0.347 e. The van der Waals surface area contributed by atoms with Crippen molar-refractivity contribution in [1.82, 2.24) is 0 Å². The van der Waals surface area contributed by atoms with Gasteiger partial charge in [-0.25, -0.2) is 0 Å². The number of hydrogen-bond donors (Lipinski definition) is 0. The lowest BCUT2D eigenvalue weighted by atomic mass is 9.71. The molecule has 1 aliphatic carbocycles. The van der Waals surface area contributed by atoms with Gasteiger partial charge in [0, 0.05) is 12.8 Å². The quantitative estimate of drug-likeness (QED) is 0.735. The highest BCUT2D eigenvalue weighted by molar-refractivity contribution is 7.86. The first-order valence-corrected chi connectivity index (χ1v) is 10.8. The standard InChI is InChI=1S/C20H30O5S/c1-15-5-7-18(8-6-15)26(21,22)24-14-17-13-23-20(25-17)11-9-16(10-12-20)19(2,3)4/h5-8,16-17H,9-14H2,1-4H3. The summed E-state index contributed by atoms with van der Waals surface area (Å²) in [6.45, 7) is 9.11. The van der Waals surface area contributed by atoms with Gasteiger partial charge in [-0.15, -0.1) is 0 Å². The van der Waals surface area contributed by atoms with E-state index in [-0.39, 0.29) is 17.6 Å². The maximum Gasteiger partial charge on any atom is 0.297 e. The Hall–Kier alpha value is -0.950. The third-order valence-corrected chi connectivity index (χ3v) is 6.90. The van der Waals surface area contributed by atoms with E-state index < -0.39 is 15.9 Å². The molecule has 1 aromatic rings. The summed E-state index contributed by atoms with van der Waals surface area (Å²) in [5.74, 6) is 0.112. The van der Waals surface area contributed by atoms with Gasteiger partial charge in [-0.2, -0.15) is 8.42 Å². The van der Waals surface area contributed by atoms with Gasteiger partial charge in [-0.05, 0) is 43.2 Å². The molecule has 1 aromatic carbocycles. The molecule has 6 heteroatoms. The molecule has 1 saturated carbocycles. The second kappa shape index (κ2) is 7.23. The highest BCUT2D eigenvalue weighted by atomic mass is 32.2. The zero-order chi connectivity index (χ0) is 19.0. The van der Waals surface area contributed by atoms with E-state index in [1.165, 1.54) is 0 Å². The van der Waals surface area contributed by atoms with E-state index in [0.29, 0.717) is 17.9 Å². The molecular weight excluding hydrogens is 352 g/mol. The molecule has 0 aromatic heterocycles. The molecular formula is C20H30O5S. The third-order valence-electron chi connectivity index (χ3n) is 5.60. The molecule has 26 heavy (non-hydrogen) atoms. The van der Waals surface area contributed by atoms with Crippen LogP contribution < -0.4 is 0 Å². The Morgan fingerprint density at radius 3 is 2.35 bits per heavy atom. The molecule has 146 valence electrons. The smallest absolute Gasteiger partial charge is 0.297 e. The molecule has 0 bridgehead atoms. The van der Waals surface area contributed by atoms with Crippen molar-refractivity contribution >= 4 is 10.1 Å². The van der Waals surface area contributed by atoms with E-state index in [0.717, 1.165) is 31.2 Å². The maximum absolute atomic E-state index is 12.3. The maximum atomic E-state index is 12.3. The van der Waals surface area contributed by atoms with Crippen LogP contribution in [0.15, 0.2) is 29.2 Å². The Kier molecular flexibility index (Phi) is 5.50. The Morgan fingerprint density at radius 1 is 1.15 bits per heavy atom. The van der Waals surface area contributed by atoms with Crippen molar-refractivity contribution in [2.75, 3.05) is 13.2 Å². The molecule has 2 fully saturated rings. The highest BCUT2D eigenvalue weighted by Crippen LogP contribution is 2.45. The number of benzene rings is 1. The molecule has 1 aliphatic heterocycles. The summed E-state index contributed by atoms with van der Waals surface area (Å²) in [7, 11) is -3.77. The van der Waals surface area contributed by atoms with Crippen LogP contribution >= 0.6 is 0 Å². The third kappa shape index (κ3) is 4.47. The van der Waals surface area contributed by atoms with Gasteiger partial charge >= 0.3 is 0 Å². The fraction of sp³-hybridized carbons (Fsp3) is 0.700. The molecule has 1 spiro atoms. The summed E-state index contributed by atoms with van der Waals surface area (Å²) >= 11 is 0. The van der Waals surface area contributed by atoms with E-state index in [9.17, 15) is 8.42 Å². The van der Waals surface area contributed by atoms with Gasteiger partial charge in [0.25, 0.3) is 10.1 Å². The minimum atomic E-state index is -3.77. The van der Waals surface area contributed by atoms with Gasteiger partial charge in [0.15, 0.2) is 5.79 Å². The van der Waals surface area contributed by atoms with Gasteiger partial charge in [0.1, 0.15) is 6.10 Å². The molecule has 1 atom stereocenters. The van der Waals surface area contributed by atoms with Crippen LogP contribution in [0.25, 0.3) is 0 Å². The average Bonchev–Trinajstić information content (AvgIpc) is 2.96. The first-order chi connectivity index (χ1) is 12.1. The predicted molar refractivity (Wildman–Crippen MR) is 99.3 cm³/mol. The van der Waals surface area contributed by atoms with Gasteiger partial charge < -0.3 is 9.47 Å². The summed E-state index contributed by atoms with van der Waals surface area (Å²) in [5, 5.41) is 0. The van der Waals surface area contributed by atoms with E-state index in [2.05, 4.69) is 20.8 Å². The molecule has 0 radical (unpaired) electrons. The van der Waals surface area contributed by atoms with E-state index in [1.54, 1.807) is 24.3 Å². The van der Waals surface area contributed by atoms with Gasteiger partial charge in [0.05, 0.1) is 18.1 Å². The van der Waals surface area contributed by atoms with Crippen LogP contribution in [0.2, 0.25) is 0 Å². The van der Waals surface area contributed by atoms with Gasteiger partial charge in [-0.3, -0.25) is 4.18 Å². The van der Waals surface area contributed by atoms with Gasteiger partial charge in [-0.1, -0.05) is 38.5 Å². The van der Waals surface area contributed by atoms with Crippen molar-refractivity contribution in [2.24, 2.45) is 11.3 Å². The SMILES string of the molecule is Cc1ccc(S(=O)(=O)OCC2COC3(CCC(C(C)(C)C)CC3)O2)cc1. The van der Waals surface area contributed by atoms with Crippen LogP contribution in [0.5, 0.6) is 0 Å². The number of hydrogen-bond acceptors (Lipinski definition) is 5. The molecule has 0 N–H and O–H groups in total. The zero-order valence-corrected chi connectivity index (χ0v) is 17.0. The summed E-state index contributed by atoms with van der Waals surface area (Å²) in [6.07, 6.45) is 3.51. The van der Waals surface area contributed by atoms with Crippen molar-refractivity contribution in [3.05, 3.63) is 29.8 Å². The zero-order valence-electron chi connectivity index (χ0n) is 16.2. The predicted octanol–water partition coefficient (Wildman–Crippen LogP) is 4.05. The minimum absolute atomic E-state index is 0.0132. The number of aryl methyl sites for hydroxylation is 1. The summed E-state index contributed by atoms with van der Waals surface area (Å²) in [5.41, 5.74) is 1.30. The molecule has 5 nitrogen and oxygen atoms in total. The number of rotatable bonds is 4. The number of ether oxygens (including phenoxy) is 2. The average molecular weight is 383 g/mol. The molecule has 1 saturated heterocycles. The Labute approximate surface area is 157 Å². The second-order valence-electron chi connectivity index (χ2n) is 8.65. The van der Waals surface area contributed by atoms with Crippen molar-refractivity contribution in [1.29, 1.82) is 0 Å². The summed E-state index contributed by atoms with van der Waals surface area (Å²) in [4.78, 5) is 0.169. The van der Waals surface area contributed by atoms with Crippen LogP contribution in [-0.2, 0) is 23.8 Å². The first kappa shape index (κ1) is 19.8. The monoisotopic (exact) mass is 382 g/mol. The lowest BCUT2D eigenvalue weighted by molar-refractivity contribution is -0.198. The van der Waals surface area contributed by atoms with E-state index in [1.807, 2.05) is 6.92 Å². The molecule has 0 amide bonds. The first-order valence-electron chi connectivity index (χ1n) is 9.38. The van der Waals surface area contributed by atoms with Crippen LogP contribution in [0.4, 0.5) is 0 Å². The Bertz CT molecular complexity index is 710. The second-order valence-corrected chi connectivity index (χ2v) is 10.3.